The maximum absolute atomic E-state index is 13.4. The molecule has 0 N–H and O–H groups in total. The van der Waals surface area contributed by atoms with E-state index in [1.807, 2.05) is 0 Å². The molecule has 0 radical (unpaired) electrons. The minimum Gasteiger partial charge on any atom is -0.414 e. The van der Waals surface area contributed by atoms with Gasteiger partial charge in [0.1, 0.15) is 6.29 Å². The maximum atomic E-state index is 13.4. The molecule has 0 bridgehead atoms. The van der Waals surface area contributed by atoms with E-state index < -0.39 is 18.2 Å². The number of hydrogen-bond acceptors (Lipinski definition) is 4. The zero-order valence-corrected chi connectivity index (χ0v) is 24.4. The summed E-state index contributed by atoms with van der Waals surface area (Å²) in [5.41, 5.74) is 1.52. The average Bonchev–Trinajstić information content (AvgIpc) is 3.20. The molecule has 0 aromatic carbocycles. The number of fused-ring (bicyclic) bond motifs is 2. The van der Waals surface area contributed by atoms with Crippen molar-refractivity contribution < 1.29 is 17.6 Å². The van der Waals surface area contributed by atoms with Crippen LogP contribution in [0.15, 0.2) is 11.6 Å². The van der Waals surface area contributed by atoms with Gasteiger partial charge in [0.15, 0.2) is 18.2 Å². The van der Waals surface area contributed by atoms with Crippen LogP contribution in [0.3, 0.4) is 0 Å². The summed E-state index contributed by atoms with van der Waals surface area (Å²) < 4.78 is 33.6. The highest BCUT2D eigenvalue weighted by Crippen LogP contribution is 2.59. The van der Waals surface area contributed by atoms with Crippen LogP contribution in [0.4, 0.5) is 0 Å². The molecule has 1 saturated heterocycles. The van der Waals surface area contributed by atoms with E-state index in [9.17, 15) is 13.2 Å². The topological polar surface area (TPSA) is 60.4 Å². The van der Waals surface area contributed by atoms with Gasteiger partial charge in [-0.05, 0) is 98.6 Å². The Morgan fingerprint density at radius 3 is 2.50 bits per heavy atom. The normalized spacial score (nSPS) is 42.3. The molecule has 0 amide bonds. The Morgan fingerprint density at radius 1 is 1.15 bits per heavy atom. The van der Waals surface area contributed by atoms with Crippen LogP contribution in [0, 0.1) is 35.0 Å². The lowest BCUT2D eigenvalue weighted by Gasteiger charge is -2.44. The molecule has 4 aliphatic rings. The summed E-state index contributed by atoms with van der Waals surface area (Å²) in [5, 5.41) is -0.180. The van der Waals surface area contributed by atoms with E-state index in [1.165, 1.54) is 5.57 Å². The molecule has 194 valence electrons. The SMILES string of the molecule is C[C@H](C=O)[C@H]1CC[C@@H]2/C(=C/[C@@H]3[C@H]4C[C@@H](O[Si](C)(C)C(C)(C)C)CC[C@H]4CS3(=O)=O)CCC[C@@]21C. The van der Waals surface area contributed by atoms with Crippen molar-refractivity contribution in [2.45, 2.75) is 115 Å². The minimum absolute atomic E-state index is 0.0838. The van der Waals surface area contributed by atoms with Gasteiger partial charge in [0, 0.05) is 12.0 Å². The highest BCUT2D eigenvalue weighted by atomic mass is 32.2. The van der Waals surface area contributed by atoms with Crippen LogP contribution in [0.2, 0.25) is 18.1 Å². The average molecular weight is 509 g/mol. The first-order valence-corrected chi connectivity index (χ1v) is 18.4. The minimum atomic E-state index is -3.12. The number of aldehydes is 1. The predicted molar refractivity (Wildman–Crippen MR) is 142 cm³/mol. The molecule has 4 nitrogen and oxygen atoms in total. The number of hydrogen-bond donors (Lipinski definition) is 0. The first kappa shape index (κ1) is 26.6. The number of carbonyl (C=O) groups excluding carboxylic acids is 1. The first-order chi connectivity index (χ1) is 15.7. The van der Waals surface area contributed by atoms with Gasteiger partial charge in [-0.1, -0.05) is 46.3 Å². The van der Waals surface area contributed by atoms with Crippen molar-refractivity contribution >= 4 is 24.4 Å². The van der Waals surface area contributed by atoms with Gasteiger partial charge in [-0.25, -0.2) is 8.42 Å². The molecule has 0 aromatic rings. The third kappa shape index (κ3) is 4.65. The quantitative estimate of drug-likeness (QED) is 0.239. The largest absolute Gasteiger partial charge is 0.414 e. The third-order valence-corrected chi connectivity index (χ3v) is 17.6. The molecule has 4 fully saturated rings. The molecule has 3 aliphatic carbocycles. The zero-order chi connectivity index (χ0) is 25.1. The second-order valence-corrected chi connectivity index (χ2v) is 20.8. The van der Waals surface area contributed by atoms with Crippen molar-refractivity contribution in [1.82, 2.24) is 0 Å². The standard InChI is InChI=1S/C28H48O4SSi/c1-19(17-29)24-12-13-25-20(9-8-14-28(24,25)5)15-26-23-16-22(32-34(6,7)27(2,3)4)11-10-21(23)18-33(26,30)31/h15,17,19,21-26H,8-14,16,18H2,1-7H3/b20-15+/t19-,21+,22+,23+,24-,25-,26-,28-/m1/s1. The van der Waals surface area contributed by atoms with E-state index in [0.717, 1.165) is 57.7 Å². The molecule has 4 rings (SSSR count). The van der Waals surface area contributed by atoms with E-state index >= 15 is 0 Å². The summed E-state index contributed by atoms with van der Waals surface area (Å²) in [6, 6.07) is 0. The van der Waals surface area contributed by atoms with E-state index in [-0.39, 0.29) is 39.6 Å². The molecule has 0 spiro atoms. The molecule has 8 atom stereocenters. The highest BCUT2D eigenvalue weighted by molar-refractivity contribution is 7.92. The summed E-state index contributed by atoms with van der Waals surface area (Å²) in [6.45, 7) is 15.9. The van der Waals surface area contributed by atoms with Crippen molar-refractivity contribution in [2.75, 3.05) is 5.75 Å². The molecule has 6 heteroatoms. The number of allylic oxidation sites excluding steroid dienone is 1. The third-order valence-electron chi connectivity index (χ3n) is 10.8. The van der Waals surface area contributed by atoms with E-state index in [1.54, 1.807) is 0 Å². The molecule has 3 saturated carbocycles. The second-order valence-electron chi connectivity index (χ2n) is 13.9. The lowest BCUT2D eigenvalue weighted by molar-refractivity contribution is -0.113. The molecule has 1 aliphatic heterocycles. The maximum Gasteiger partial charge on any atom is 0.192 e. The van der Waals surface area contributed by atoms with Crippen LogP contribution in [-0.2, 0) is 19.1 Å². The molecule has 1 heterocycles. The van der Waals surface area contributed by atoms with Gasteiger partial charge in [0.2, 0.25) is 0 Å². The van der Waals surface area contributed by atoms with Gasteiger partial charge in [-0.3, -0.25) is 0 Å². The number of carbonyl (C=O) groups is 1. The van der Waals surface area contributed by atoms with Crippen molar-refractivity contribution in [1.29, 1.82) is 0 Å². The van der Waals surface area contributed by atoms with Crippen LogP contribution < -0.4 is 0 Å². The van der Waals surface area contributed by atoms with E-state index in [2.05, 4.69) is 53.8 Å². The van der Waals surface area contributed by atoms with Crippen LogP contribution >= 0.6 is 0 Å². The second kappa shape index (κ2) is 9.13. The summed E-state index contributed by atoms with van der Waals surface area (Å²) in [7, 11) is -5.00. The summed E-state index contributed by atoms with van der Waals surface area (Å²) in [4.78, 5) is 11.6. The van der Waals surface area contributed by atoms with E-state index in [4.69, 9.17) is 4.43 Å². The van der Waals surface area contributed by atoms with Gasteiger partial charge in [-0.15, -0.1) is 0 Å². The molecule has 34 heavy (non-hydrogen) atoms. The van der Waals surface area contributed by atoms with Gasteiger partial charge >= 0.3 is 0 Å². The van der Waals surface area contributed by atoms with Crippen LogP contribution in [0.1, 0.15) is 86.0 Å². The van der Waals surface area contributed by atoms with Crippen LogP contribution in [0.5, 0.6) is 0 Å². The Bertz CT molecular complexity index is 917. The summed E-state index contributed by atoms with van der Waals surface area (Å²) in [6.07, 6.45) is 11.9. The van der Waals surface area contributed by atoms with Crippen molar-refractivity contribution in [3.8, 4) is 0 Å². The monoisotopic (exact) mass is 508 g/mol. The highest BCUT2D eigenvalue weighted by Gasteiger charge is 2.53. The predicted octanol–water partition coefficient (Wildman–Crippen LogP) is 6.57. The first-order valence-electron chi connectivity index (χ1n) is 13.7. The summed E-state index contributed by atoms with van der Waals surface area (Å²) in [5.74, 6) is 1.77. The summed E-state index contributed by atoms with van der Waals surface area (Å²) >= 11 is 0. The molecular formula is C28H48O4SSi. The fraction of sp³-hybridized carbons (Fsp3) is 0.893. The van der Waals surface area contributed by atoms with E-state index in [0.29, 0.717) is 17.6 Å². The van der Waals surface area contributed by atoms with Gasteiger partial charge in [0.25, 0.3) is 0 Å². The molecule has 0 unspecified atom stereocenters. The fourth-order valence-corrected chi connectivity index (χ4v) is 11.8. The molecular weight excluding hydrogens is 460 g/mol. The van der Waals surface area contributed by atoms with Crippen molar-refractivity contribution in [3.63, 3.8) is 0 Å². The van der Waals surface area contributed by atoms with Gasteiger partial charge < -0.3 is 9.22 Å². The van der Waals surface area contributed by atoms with Crippen LogP contribution in [0.25, 0.3) is 0 Å². The Morgan fingerprint density at radius 2 is 1.85 bits per heavy atom. The van der Waals surface area contributed by atoms with Crippen LogP contribution in [-0.4, -0.2) is 40.1 Å². The smallest absolute Gasteiger partial charge is 0.192 e. The van der Waals surface area contributed by atoms with Crippen molar-refractivity contribution in [3.05, 3.63) is 11.6 Å². The van der Waals surface area contributed by atoms with Gasteiger partial charge in [-0.2, -0.15) is 0 Å². The lowest BCUT2D eigenvalue weighted by Crippen LogP contribution is -2.46. The zero-order valence-electron chi connectivity index (χ0n) is 22.6. The Labute approximate surface area is 209 Å². The van der Waals surface area contributed by atoms with Gasteiger partial charge in [0.05, 0.1) is 11.0 Å². The number of rotatable bonds is 5. The Balaban J connectivity index is 1.58. The lowest BCUT2D eigenvalue weighted by atomic mass is 9.61. The Kier molecular flexibility index (Phi) is 7.14. The van der Waals surface area contributed by atoms with Crippen molar-refractivity contribution in [2.24, 2.45) is 35.0 Å². The number of sulfone groups is 1. The fourth-order valence-electron chi connectivity index (χ4n) is 7.89. The molecule has 0 aromatic heterocycles. The Hall–Kier alpha value is -0.463.